The molecule has 2 atom stereocenters. The minimum Gasteiger partial charge on any atom is -0.481 e. The number of amides is 3. The van der Waals surface area contributed by atoms with Crippen molar-refractivity contribution in [1.29, 1.82) is 0 Å². The zero-order valence-electron chi connectivity index (χ0n) is 14.1. The maximum Gasteiger partial charge on any atom is 0.303 e. The number of benzene rings is 1. The number of aliphatic carboxylic acids is 1. The molecule has 0 aliphatic rings. The summed E-state index contributed by atoms with van der Waals surface area (Å²) in [6.07, 6.45) is 2.35. The Hall–Kier alpha value is -2.87. The third-order valence-electron chi connectivity index (χ3n) is 3.36. The highest BCUT2D eigenvalue weighted by Gasteiger charge is 2.22. The first kappa shape index (κ1) is 21.2. The van der Waals surface area contributed by atoms with Crippen LogP contribution in [0.15, 0.2) is 30.3 Å². The van der Waals surface area contributed by atoms with Gasteiger partial charge >= 0.3 is 5.97 Å². The molecule has 1 aromatic carbocycles. The predicted molar refractivity (Wildman–Crippen MR) is 96.1 cm³/mol. The van der Waals surface area contributed by atoms with Gasteiger partial charge in [-0.25, -0.2) is 0 Å². The van der Waals surface area contributed by atoms with E-state index < -0.39 is 35.8 Å². The van der Waals surface area contributed by atoms with Crippen molar-refractivity contribution in [1.82, 2.24) is 10.6 Å². The molecule has 0 heterocycles. The van der Waals surface area contributed by atoms with Gasteiger partial charge in [0.1, 0.15) is 12.1 Å². The summed E-state index contributed by atoms with van der Waals surface area (Å²) in [5, 5.41) is 14.0. The number of carboxylic acid groups (broad SMARTS) is 1. The number of primary amides is 1. The van der Waals surface area contributed by atoms with Crippen molar-refractivity contribution in [3.8, 4) is 0 Å². The Balaban J connectivity index is 2.56. The van der Waals surface area contributed by atoms with Crippen LogP contribution in [0.25, 0.3) is 6.08 Å². The first-order valence-corrected chi connectivity index (χ1v) is 8.12. The topological polar surface area (TPSA) is 139 Å². The van der Waals surface area contributed by atoms with Gasteiger partial charge in [0.2, 0.25) is 17.7 Å². The van der Waals surface area contributed by atoms with Gasteiger partial charge < -0.3 is 21.5 Å². The van der Waals surface area contributed by atoms with Gasteiger partial charge in [-0.2, -0.15) is 0 Å². The lowest BCUT2D eigenvalue weighted by atomic mass is 10.1. The average Bonchev–Trinajstić information content (AvgIpc) is 2.57. The summed E-state index contributed by atoms with van der Waals surface area (Å²) in [4.78, 5) is 45.7. The minimum absolute atomic E-state index is 0.131. The molecule has 0 spiro atoms. The fraction of sp³-hybridized carbons (Fsp3) is 0.294. The van der Waals surface area contributed by atoms with Crippen LogP contribution in [-0.2, 0) is 19.2 Å². The van der Waals surface area contributed by atoms with E-state index in [0.29, 0.717) is 5.02 Å². The van der Waals surface area contributed by atoms with Crippen LogP contribution < -0.4 is 16.4 Å². The van der Waals surface area contributed by atoms with Gasteiger partial charge in [-0.1, -0.05) is 23.7 Å². The van der Waals surface area contributed by atoms with Crippen LogP contribution >= 0.6 is 11.6 Å². The SMILES string of the molecule is CC(NC(=O)/C=C/c1ccc(Cl)cc1)C(=O)N[C@@H](CCC(=O)O)C(N)=O. The molecule has 5 N–H and O–H groups in total. The molecular weight excluding hydrogens is 362 g/mol. The van der Waals surface area contributed by atoms with Gasteiger partial charge in [0, 0.05) is 17.5 Å². The van der Waals surface area contributed by atoms with Crippen LogP contribution in [0.3, 0.4) is 0 Å². The van der Waals surface area contributed by atoms with Crippen molar-refractivity contribution >= 4 is 41.4 Å². The highest BCUT2D eigenvalue weighted by atomic mass is 35.5. The number of rotatable bonds is 9. The standard InChI is InChI=1S/C17H20ClN3O5/c1-10(17(26)21-13(16(19)25)7-9-15(23)24)20-14(22)8-4-11-2-5-12(18)6-3-11/h2-6,8,10,13H,7,9H2,1H3,(H2,19,25)(H,20,22)(H,21,26)(H,23,24)/b8-4+/t10?,13-/m0/s1. The van der Waals surface area contributed by atoms with Crippen LogP contribution in [-0.4, -0.2) is 40.9 Å². The lowest BCUT2D eigenvalue weighted by Crippen LogP contribution is -2.51. The predicted octanol–water partition coefficient (Wildman–Crippen LogP) is 0.693. The summed E-state index contributed by atoms with van der Waals surface area (Å²) >= 11 is 5.77. The molecule has 0 radical (unpaired) electrons. The number of halogens is 1. The minimum atomic E-state index is -1.12. The molecule has 26 heavy (non-hydrogen) atoms. The molecular formula is C17H20ClN3O5. The first-order chi connectivity index (χ1) is 12.2. The van der Waals surface area contributed by atoms with Crippen molar-refractivity contribution in [3.63, 3.8) is 0 Å². The Morgan fingerprint density at radius 3 is 2.35 bits per heavy atom. The molecule has 0 aliphatic carbocycles. The second-order valence-electron chi connectivity index (χ2n) is 5.51. The van der Waals surface area contributed by atoms with E-state index in [1.54, 1.807) is 30.3 Å². The van der Waals surface area contributed by atoms with E-state index in [0.717, 1.165) is 5.56 Å². The lowest BCUT2D eigenvalue weighted by Gasteiger charge is -2.18. The molecule has 1 unspecified atom stereocenters. The highest BCUT2D eigenvalue weighted by Crippen LogP contribution is 2.10. The molecule has 0 fully saturated rings. The normalized spacial score (nSPS) is 13.0. The second-order valence-corrected chi connectivity index (χ2v) is 5.95. The monoisotopic (exact) mass is 381 g/mol. The van der Waals surface area contributed by atoms with E-state index >= 15 is 0 Å². The molecule has 0 saturated carbocycles. The second kappa shape index (κ2) is 10.2. The smallest absolute Gasteiger partial charge is 0.303 e. The van der Waals surface area contributed by atoms with Crippen LogP contribution in [0.4, 0.5) is 0 Å². The van der Waals surface area contributed by atoms with Crippen LogP contribution in [0.2, 0.25) is 5.02 Å². The Kier molecular flexibility index (Phi) is 8.30. The van der Waals surface area contributed by atoms with Crippen molar-refractivity contribution < 1.29 is 24.3 Å². The summed E-state index contributed by atoms with van der Waals surface area (Å²) < 4.78 is 0. The van der Waals surface area contributed by atoms with E-state index in [-0.39, 0.29) is 12.8 Å². The van der Waals surface area contributed by atoms with Gasteiger partial charge in [-0.15, -0.1) is 0 Å². The Bertz CT molecular complexity index is 703. The third kappa shape index (κ3) is 7.80. The zero-order chi connectivity index (χ0) is 19.7. The number of carbonyl (C=O) groups is 4. The molecule has 3 amide bonds. The average molecular weight is 382 g/mol. The lowest BCUT2D eigenvalue weighted by molar-refractivity contribution is -0.137. The van der Waals surface area contributed by atoms with E-state index in [1.165, 1.54) is 13.0 Å². The molecule has 1 rings (SSSR count). The van der Waals surface area contributed by atoms with Gasteiger partial charge in [0.15, 0.2) is 0 Å². The summed E-state index contributed by atoms with van der Waals surface area (Å²) in [7, 11) is 0. The number of carbonyl (C=O) groups excluding carboxylic acids is 3. The van der Waals surface area contributed by atoms with Gasteiger partial charge in [0.25, 0.3) is 0 Å². The summed E-state index contributed by atoms with van der Waals surface area (Å²) in [6.45, 7) is 1.43. The number of nitrogens with two attached hydrogens (primary N) is 1. The highest BCUT2D eigenvalue weighted by molar-refractivity contribution is 6.30. The Morgan fingerprint density at radius 1 is 1.19 bits per heavy atom. The maximum absolute atomic E-state index is 12.0. The molecule has 0 aromatic heterocycles. The fourth-order valence-corrected chi connectivity index (χ4v) is 2.05. The van der Waals surface area contributed by atoms with E-state index in [2.05, 4.69) is 10.6 Å². The number of hydrogen-bond donors (Lipinski definition) is 4. The Labute approximate surface area is 155 Å². The third-order valence-corrected chi connectivity index (χ3v) is 3.61. The summed E-state index contributed by atoms with van der Waals surface area (Å²) in [6, 6.07) is 4.74. The van der Waals surface area contributed by atoms with E-state index in [4.69, 9.17) is 22.4 Å². The van der Waals surface area contributed by atoms with E-state index in [9.17, 15) is 19.2 Å². The largest absolute Gasteiger partial charge is 0.481 e. The Morgan fingerprint density at radius 2 is 1.81 bits per heavy atom. The molecule has 8 nitrogen and oxygen atoms in total. The fourth-order valence-electron chi connectivity index (χ4n) is 1.92. The number of nitrogens with one attached hydrogen (secondary N) is 2. The number of carboxylic acids is 1. The summed E-state index contributed by atoms with van der Waals surface area (Å²) in [5.41, 5.74) is 5.89. The first-order valence-electron chi connectivity index (χ1n) is 7.74. The molecule has 0 bridgehead atoms. The molecule has 140 valence electrons. The van der Waals surface area contributed by atoms with Gasteiger partial charge in [-0.3, -0.25) is 19.2 Å². The van der Waals surface area contributed by atoms with Crippen LogP contribution in [0.5, 0.6) is 0 Å². The quantitative estimate of drug-likeness (QED) is 0.466. The molecule has 0 saturated heterocycles. The molecule has 0 aliphatic heterocycles. The van der Waals surface area contributed by atoms with E-state index in [1.807, 2.05) is 0 Å². The van der Waals surface area contributed by atoms with Crippen molar-refractivity contribution in [3.05, 3.63) is 40.9 Å². The zero-order valence-corrected chi connectivity index (χ0v) is 14.8. The van der Waals surface area contributed by atoms with Gasteiger partial charge in [0.05, 0.1) is 0 Å². The van der Waals surface area contributed by atoms with Crippen molar-refractivity contribution in [2.75, 3.05) is 0 Å². The number of hydrogen-bond acceptors (Lipinski definition) is 4. The summed E-state index contributed by atoms with van der Waals surface area (Å²) in [5.74, 6) is -3.11. The van der Waals surface area contributed by atoms with Gasteiger partial charge in [-0.05, 0) is 37.1 Å². The van der Waals surface area contributed by atoms with Crippen molar-refractivity contribution in [2.45, 2.75) is 31.8 Å². The molecule has 1 aromatic rings. The maximum atomic E-state index is 12.0. The van der Waals surface area contributed by atoms with Crippen LogP contribution in [0, 0.1) is 0 Å². The molecule has 9 heteroatoms. The van der Waals surface area contributed by atoms with Crippen molar-refractivity contribution in [2.24, 2.45) is 5.73 Å². The van der Waals surface area contributed by atoms with Crippen LogP contribution in [0.1, 0.15) is 25.3 Å².